The lowest BCUT2D eigenvalue weighted by Gasteiger charge is -2.35. The van der Waals surface area contributed by atoms with E-state index in [0.29, 0.717) is 17.3 Å². The quantitative estimate of drug-likeness (QED) is 0.515. The molecule has 0 spiro atoms. The Morgan fingerprint density at radius 3 is 2.50 bits per heavy atom. The highest BCUT2D eigenvalue weighted by Crippen LogP contribution is 2.24. The summed E-state index contributed by atoms with van der Waals surface area (Å²) in [5, 5.41) is 12.9. The molecule has 0 saturated carbocycles. The monoisotopic (exact) mass is 372 g/mol. The highest BCUT2D eigenvalue weighted by Gasteiger charge is 2.24. The molecule has 1 aromatic rings. The molecule has 0 aliphatic rings. The van der Waals surface area contributed by atoms with E-state index in [9.17, 15) is 5.11 Å². The topological polar surface area (TPSA) is 41.9 Å². The minimum Gasteiger partial charge on any atom is -0.491 e. The smallest absolute Gasteiger partial charge is 0.235 e. The van der Waals surface area contributed by atoms with Gasteiger partial charge in [0.15, 0.2) is 0 Å². The molecule has 0 heterocycles. The molecule has 6 heteroatoms. The van der Waals surface area contributed by atoms with E-state index in [0.717, 1.165) is 6.42 Å². The number of hydroxylamine groups is 2. The maximum atomic E-state index is 10.3. The Morgan fingerprint density at radius 1 is 1.29 bits per heavy atom. The first-order valence-electron chi connectivity index (χ1n) is 8.38. The van der Waals surface area contributed by atoms with Crippen LogP contribution < -0.4 is 4.74 Å². The number of ether oxygens (including phenoxy) is 1. The van der Waals surface area contributed by atoms with Crippen LogP contribution in [-0.4, -0.2) is 44.5 Å². The van der Waals surface area contributed by atoms with Crippen LogP contribution in [-0.2, 0) is 4.53 Å². The number of nitrogens with zero attached hydrogens (tertiary/aromatic N) is 1. The molecule has 0 aromatic heterocycles. The molecule has 1 aromatic carbocycles. The van der Waals surface area contributed by atoms with Gasteiger partial charge in [-0.15, -0.1) is 0 Å². The largest absolute Gasteiger partial charge is 0.491 e. The highest BCUT2D eigenvalue weighted by molar-refractivity contribution is 6.48. The summed E-state index contributed by atoms with van der Waals surface area (Å²) < 4.78 is 11.6. The Balaban J connectivity index is 2.58. The van der Waals surface area contributed by atoms with Gasteiger partial charge in [-0.1, -0.05) is 38.4 Å². The molecule has 0 amide bonds. The Hall–Kier alpha value is -0.593. The fourth-order valence-corrected chi connectivity index (χ4v) is 3.44. The van der Waals surface area contributed by atoms with Gasteiger partial charge in [-0.25, -0.2) is 0 Å². The van der Waals surface area contributed by atoms with Gasteiger partial charge in [0.2, 0.25) is 9.04 Å². The van der Waals surface area contributed by atoms with Gasteiger partial charge in [-0.2, -0.15) is 5.06 Å². The predicted octanol–water partition coefficient (Wildman–Crippen LogP) is 4.39. The lowest BCUT2D eigenvalue weighted by atomic mass is 9.88. The van der Waals surface area contributed by atoms with Crippen molar-refractivity contribution in [3.8, 4) is 5.75 Å². The number of hydrogen-bond acceptors (Lipinski definition) is 4. The minimum atomic E-state index is -0.893. The van der Waals surface area contributed by atoms with Gasteiger partial charge < -0.3 is 14.4 Å². The number of halogens is 1. The van der Waals surface area contributed by atoms with Crippen LogP contribution in [0.4, 0.5) is 0 Å². The van der Waals surface area contributed by atoms with E-state index >= 15 is 0 Å². The number of aliphatic hydroxyl groups is 1. The standard InChI is InChI=1S/C18H31ClNO3Si/c1-14(11-18(2,3)4)20(23-24(5)6)12-16(21)13-22-17-9-7-8-15(19)10-17/h7-10,14,16,21H,11-13H2,1-6H3/t14-,16+/m0/s1. The molecular weight excluding hydrogens is 342 g/mol. The third-order valence-corrected chi connectivity index (χ3v) is 4.16. The molecule has 2 atom stereocenters. The first kappa shape index (κ1) is 21.4. The predicted molar refractivity (Wildman–Crippen MR) is 102 cm³/mol. The van der Waals surface area contributed by atoms with Crippen LogP contribution in [0.5, 0.6) is 5.75 Å². The van der Waals surface area contributed by atoms with E-state index in [-0.39, 0.29) is 18.1 Å². The SMILES string of the molecule is C[C@@H](CC(C)(C)C)N(C[C@@H](O)COc1cccc(Cl)c1)O[Si](C)C. The summed E-state index contributed by atoms with van der Waals surface area (Å²) in [4.78, 5) is 0. The molecule has 4 nitrogen and oxygen atoms in total. The van der Waals surface area contributed by atoms with Crippen molar-refractivity contribution in [2.24, 2.45) is 5.41 Å². The summed E-state index contributed by atoms with van der Waals surface area (Å²) in [6.07, 6.45) is 0.358. The zero-order valence-electron chi connectivity index (χ0n) is 15.7. The minimum absolute atomic E-state index is 0.206. The molecule has 24 heavy (non-hydrogen) atoms. The lowest BCUT2D eigenvalue weighted by Crippen LogP contribution is -2.44. The molecule has 0 aliphatic carbocycles. The average Bonchev–Trinajstić information content (AvgIpc) is 2.42. The third kappa shape index (κ3) is 9.04. The lowest BCUT2D eigenvalue weighted by molar-refractivity contribution is -0.127. The van der Waals surface area contributed by atoms with Crippen molar-refractivity contribution in [2.75, 3.05) is 13.2 Å². The Bertz CT molecular complexity index is 493. The van der Waals surface area contributed by atoms with Gasteiger partial charge in [0.05, 0.1) is 6.54 Å². The summed E-state index contributed by atoms with van der Waals surface area (Å²) in [6, 6.07) is 7.41. The van der Waals surface area contributed by atoms with Crippen LogP contribution in [0.2, 0.25) is 18.1 Å². The van der Waals surface area contributed by atoms with Crippen LogP contribution in [0.15, 0.2) is 24.3 Å². The average molecular weight is 373 g/mol. The molecule has 1 N–H and O–H groups in total. The Labute approximate surface area is 153 Å². The van der Waals surface area contributed by atoms with E-state index in [1.807, 2.05) is 17.2 Å². The fourth-order valence-electron chi connectivity index (χ4n) is 2.54. The van der Waals surface area contributed by atoms with Crippen LogP contribution in [0.1, 0.15) is 34.1 Å². The van der Waals surface area contributed by atoms with Gasteiger partial charge in [-0.3, -0.25) is 0 Å². The summed E-state index contributed by atoms with van der Waals surface area (Å²) in [5.74, 6) is 0.660. The maximum Gasteiger partial charge on any atom is 0.235 e. The Morgan fingerprint density at radius 2 is 1.96 bits per heavy atom. The molecular formula is C18H31ClNO3Si. The molecule has 0 fully saturated rings. The van der Waals surface area contributed by atoms with Crippen molar-refractivity contribution in [1.29, 1.82) is 0 Å². The van der Waals surface area contributed by atoms with Gasteiger partial charge in [0.1, 0.15) is 18.5 Å². The molecule has 0 bridgehead atoms. The summed E-state index contributed by atoms with van der Waals surface area (Å²) in [6.45, 7) is 13.6. The highest BCUT2D eigenvalue weighted by atomic mass is 35.5. The van der Waals surface area contributed by atoms with Crippen LogP contribution in [0.25, 0.3) is 0 Å². The molecule has 0 saturated heterocycles. The van der Waals surface area contributed by atoms with E-state index in [2.05, 4.69) is 40.8 Å². The second kappa shape index (κ2) is 9.78. The van der Waals surface area contributed by atoms with E-state index in [4.69, 9.17) is 20.9 Å². The second-order valence-electron chi connectivity index (χ2n) is 7.64. The summed E-state index contributed by atoms with van der Waals surface area (Å²) in [5.41, 5.74) is 0.206. The van der Waals surface area contributed by atoms with E-state index in [1.165, 1.54) is 0 Å². The van der Waals surface area contributed by atoms with Crippen molar-refractivity contribution < 1.29 is 14.4 Å². The van der Waals surface area contributed by atoms with Gasteiger partial charge in [0, 0.05) is 11.1 Å². The number of aliphatic hydroxyl groups excluding tert-OH is 1. The van der Waals surface area contributed by atoms with Crippen molar-refractivity contribution >= 4 is 20.6 Å². The van der Waals surface area contributed by atoms with Crippen molar-refractivity contribution in [3.05, 3.63) is 29.3 Å². The van der Waals surface area contributed by atoms with Crippen LogP contribution >= 0.6 is 11.6 Å². The Kier molecular flexibility index (Phi) is 8.74. The van der Waals surface area contributed by atoms with Crippen molar-refractivity contribution in [2.45, 2.75) is 59.4 Å². The summed E-state index contributed by atoms with van der Waals surface area (Å²) >= 11 is 5.94. The van der Waals surface area contributed by atoms with Crippen LogP contribution in [0.3, 0.4) is 0 Å². The molecule has 0 aliphatic heterocycles. The van der Waals surface area contributed by atoms with Crippen LogP contribution in [0, 0.1) is 5.41 Å². The number of benzene rings is 1. The van der Waals surface area contributed by atoms with Gasteiger partial charge in [0.25, 0.3) is 0 Å². The third-order valence-electron chi connectivity index (χ3n) is 3.33. The number of rotatable bonds is 9. The van der Waals surface area contributed by atoms with Crippen molar-refractivity contribution in [3.63, 3.8) is 0 Å². The van der Waals surface area contributed by atoms with E-state index in [1.54, 1.807) is 12.1 Å². The molecule has 137 valence electrons. The fraction of sp³-hybridized carbons (Fsp3) is 0.667. The second-order valence-corrected chi connectivity index (χ2v) is 10.1. The molecule has 1 rings (SSSR count). The zero-order valence-corrected chi connectivity index (χ0v) is 17.4. The molecule has 1 radical (unpaired) electrons. The normalized spacial score (nSPS) is 14.9. The first-order chi connectivity index (χ1) is 11.1. The number of hydrogen-bond donors (Lipinski definition) is 1. The van der Waals surface area contributed by atoms with Crippen molar-refractivity contribution in [1.82, 2.24) is 5.06 Å². The zero-order chi connectivity index (χ0) is 18.3. The maximum absolute atomic E-state index is 10.3. The van der Waals surface area contributed by atoms with E-state index < -0.39 is 15.1 Å². The van der Waals surface area contributed by atoms with Gasteiger partial charge >= 0.3 is 0 Å². The summed E-state index contributed by atoms with van der Waals surface area (Å²) in [7, 11) is -0.893. The molecule has 0 unspecified atom stereocenters. The van der Waals surface area contributed by atoms with Gasteiger partial charge in [-0.05, 0) is 50.1 Å². The first-order valence-corrected chi connectivity index (χ1v) is 11.2.